The fourth-order valence-corrected chi connectivity index (χ4v) is 2.02. The van der Waals surface area contributed by atoms with Crippen LogP contribution in [-0.4, -0.2) is 30.5 Å². The smallest absolute Gasteiger partial charge is 0.191 e. The van der Waals surface area contributed by atoms with Crippen molar-refractivity contribution in [3.05, 3.63) is 35.6 Å². The average Bonchev–Trinajstić information content (AvgIpc) is 2.38. The lowest BCUT2D eigenvalue weighted by atomic mass is 9.84. The quantitative estimate of drug-likeness (QED) is 0.474. The van der Waals surface area contributed by atoms with Gasteiger partial charge in [0.2, 0.25) is 0 Å². The molecule has 20 heavy (non-hydrogen) atoms. The molecule has 0 unspecified atom stereocenters. The van der Waals surface area contributed by atoms with E-state index in [1.807, 2.05) is 38.7 Å². The summed E-state index contributed by atoms with van der Waals surface area (Å²) < 4.78 is 13.8. The Bertz CT molecular complexity index is 442. The average molecular weight is 393 g/mol. The van der Waals surface area contributed by atoms with Crippen LogP contribution < -0.4 is 5.73 Å². The largest absolute Gasteiger partial charge is 0.370 e. The van der Waals surface area contributed by atoms with E-state index in [0.29, 0.717) is 18.1 Å². The van der Waals surface area contributed by atoms with Gasteiger partial charge in [-0.05, 0) is 25.5 Å². The molecule has 2 N–H and O–H groups in total. The molecule has 0 saturated heterocycles. The number of hydrogen-bond acceptors (Lipinski definition) is 1. The van der Waals surface area contributed by atoms with Gasteiger partial charge in [0.15, 0.2) is 5.96 Å². The van der Waals surface area contributed by atoms with E-state index >= 15 is 0 Å². The molecule has 0 aliphatic rings. The van der Waals surface area contributed by atoms with Gasteiger partial charge in [0, 0.05) is 18.5 Å². The predicted molar refractivity (Wildman–Crippen MR) is 94.3 cm³/mol. The Morgan fingerprint density at radius 2 is 1.80 bits per heavy atom. The lowest BCUT2D eigenvalue weighted by Crippen LogP contribution is -2.38. The molecule has 1 rings (SSSR count). The highest BCUT2D eigenvalue weighted by Gasteiger charge is 2.23. The molecule has 0 aliphatic carbocycles. The molecule has 1 aromatic rings. The second kappa shape index (κ2) is 8.44. The number of hydrogen-bond donors (Lipinski definition) is 1. The molecular formula is C15H25FIN3. The molecule has 114 valence electrons. The predicted octanol–water partition coefficient (Wildman–Crippen LogP) is 3.38. The van der Waals surface area contributed by atoms with Crippen LogP contribution in [0.4, 0.5) is 4.39 Å². The maximum atomic E-state index is 13.8. The number of halogens is 2. The van der Waals surface area contributed by atoms with Gasteiger partial charge in [-0.1, -0.05) is 32.0 Å². The fraction of sp³-hybridized carbons (Fsp3) is 0.533. The van der Waals surface area contributed by atoms with Gasteiger partial charge in [0.25, 0.3) is 0 Å². The highest BCUT2D eigenvalue weighted by atomic mass is 127. The second-order valence-electron chi connectivity index (χ2n) is 5.21. The fourth-order valence-electron chi connectivity index (χ4n) is 2.02. The van der Waals surface area contributed by atoms with E-state index in [-0.39, 0.29) is 35.2 Å². The van der Waals surface area contributed by atoms with E-state index in [0.717, 1.165) is 13.1 Å². The van der Waals surface area contributed by atoms with E-state index < -0.39 is 0 Å². The van der Waals surface area contributed by atoms with E-state index in [1.165, 1.54) is 6.07 Å². The SMILES string of the molecule is CCN(CC)C(N)=NCC(C)(C)c1ccccc1F.I. The Hall–Kier alpha value is -0.850. The van der Waals surface area contributed by atoms with Crippen LogP contribution in [-0.2, 0) is 5.41 Å². The highest BCUT2D eigenvalue weighted by Crippen LogP contribution is 2.25. The Kier molecular flexibility index (Phi) is 8.08. The molecule has 0 bridgehead atoms. The Morgan fingerprint density at radius 1 is 1.25 bits per heavy atom. The number of benzene rings is 1. The Labute approximate surface area is 138 Å². The lowest BCUT2D eigenvalue weighted by Gasteiger charge is -2.25. The van der Waals surface area contributed by atoms with Crippen LogP contribution in [0.5, 0.6) is 0 Å². The first-order valence-electron chi connectivity index (χ1n) is 6.72. The van der Waals surface area contributed by atoms with E-state index in [2.05, 4.69) is 4.99 Å². The van der Waals surface area contributed by atoms with Gasteiger partial charge in [-0.15, -0.1) is 24.0 Å². The molecule has 0 fully saturated rings. The van der Waals surface area contributed by atoms with Crippen LogP contribution in [0.25, 0.3) is 0 Å². The Balaban J connectivity index is 0.00000361. The van der Waals surface area contributed by atoms with Crippen molar-refractivity contribution in [1.82, 2.24) is 4.90 Å². The van der Waals surface area contributed by atoms with Gasteiger partial charge in [0.1, 0.15) is 5.82 Å². The first kappa shape index (κ1) is 19.1. The van der Waals surface area contributed by atoms with E-state index in [9.17, 15) is 4.39 Å². The summed E-state index contributed by atoms with van der Waals surface area (Å²) in [5.41, 5.74) is 6.24. The minimum atomic E-state index is -0.372. The summed E-state index contributed by atoms with van der Waals surface area (Å²) in [4.78, 5) is 6.39. The molecule has 1 aromatic carbocycles. The number of nitrogens with two attached hydrogens (primary N) is 1. The summed E-state index contributed by atoms with van der Waals surface area (Å²) in [7, 11) is 0. The minimum absolute atomic E-state index is 0. The summed E-state index contributed by atoms with van der Waals surface area (Å²) in [6.45, 7) is 10.1. The van der Waals surface area contributed by atoms with Crippen molar-refractivity contribution >= 4 is 29.9 Å². The van der Waals surface area contributed by atoms with Crippen molar-refractivity contribution in [2.45, 2.75) is 33.1 Å². The van der Waals surface area contributed by atoms with Gasteiger partial charge < -0.3 is 10.6 Å². The molecule has 0 aromatic heterocycles. The summed E-state index contributed by atoms with van der Waals surface area (Å²) in [5.74, 6) is 0.332. The number of nitrogens with zero attached hydrogens (tertiary/aromatic N) is 2. The van der Waals surface area contributed by atoms with Gasteiger partial charge in [-0.3, -0.25) is 4.99 Å². The maximum Gasteiger partial charge on any atom is 0.191 e. The first-order valence-corrected chi connectivity index (χ1v) is 6.72. The van der Waals surface area contributed by atoms with Gasteiger partial charge in [0.05, 0.1) is 6.54 Å². The van der Waals surface area contributed by atoms with Crippen LogP contribution in [0, 0.1) is 5.82 Å². The molecule has 0 heterocycles. The lowest BCUT2D eigenvalue weighted by molar-refractivity contribution is 0.448. The summed E-state index contributed by atoms with van der Waals surface area (Å²) in [5, 5.41) is 0. The third kappa shape index (κ3) is 4.92. The van der Waals surface area contributed by atoms with Crippen molar-refractivity contribution in [2.24, 2.45) is 10.7 Å². The molecule has 0 atom stereocenters. The van der Waals surface area contributed by atoms with Crippen LogP contribution in [0.1, 0.15) is 33.3 Å². The standard InChI is InChI=1S/C15H24FN3.HI/c1-5-19(6-2)14(17)18-11-15(3,4)12-9-7-8-10-13(12)16;/h7-10H,5-6,11H2,1-4H3,(H2,17,18);1H. The number of aliphatic imine (C=N–C) groups is 1. The molecule has 0 spiro atoms. The molecule has 0 aliphatic heterocycles. The number of rotatable bonds is 5. The normalized spacial score (nSPS) is 11.9. The molecule has 3 nitrogen and oxygen atoms in total. The summed E-state index contributed by atoms with van der Waals surface area (Å²) >= 11 is 0. The van der Waals surface area contributed by atoms with Crippen molar-refractivity contribution in [3.8, 4) is 0 Å². The molecule has 0 saturated carbocycles. The minimum Gasteiger partial charge on any atom is -0.370 e. The summed E-state index contributed by atoms with van der Waals surface area (Å²) in [6, 6.07) is 6.83. The van der Waals surface area contributed by atoms with Crippen LogP contribution in [0.2, 0.25) is 0 Å². The zero-order valence-corrected chi connectivity index (χ0v) is 15.0. The Morgan fingerprint density at radius 3 is 2.30 bits per heavy atom. The van der Waals surface area contributed by atoms with E-state index in [1.54, 1.807) is 12.1 Å². The van der Waals surface area contributed by atoms with Crippen LogP contribution in [0.15, 0.2) is 29.3 Å². The molecule has 5 heteroatoms. The van der Waals surface area contributed by atoms with Crippen LogP contribution >= 0.6 is 24.0 Å². The highest BCUT2D eigenvalue weighted by molar-refractivity contribution is 14.0. The van der Waals surface area contributed by atoms with Gasteiger partial charge in [-0.25, -0.2) is 4.39 Å². The molecule has 0 radical (unpaired) electrons. The third-order valence-electron chi connectivity index (χ3n) is 3.33. The van der Waals surface area contributed by atoms with Crippen molar-refractivity contribution in [3.63, 3.8) is 0 Å². The van der Waals surface area contributed by atoms with Gasteiger partial charge >= 0.3 is 0 Å². The summed E-state index contributed by atoms with van der Waals surface area (Å²) in [6.07, 6.45) is 0. The van der Waals surface area contributed by atoms with Crippen LogP contribution in [0.3, 0.4) is 0 Å². The third-order valence-corrected chi connectivity index (χ3v) is 3.33. The monoisotopic (exact) mass is 393 g/mol. The van der Waals surface area contributed by atoms with E-state index in [4.69, 9.17) is 5.73 Å². The second-order valence-corrected chi connectivity index (χ2v) is 5.21. The molecule has 0 amide bonds. The topological polar surface area (TPSA) is 41.6 Å². The molecular weight excluding hydrogens is 368 g/mol. The first-order chi connectivity index (χ1) is 8.92. The number of guanidine groups is 1. The van der Waals surface area contributed by atoms with Crippen molar-refractivity contribution in [1.29, 1.82) is 0 Å². The maximum absolute atomic E-state index is 13.8. The van der Waals surface area contributed by atoms with Crippen molar-refractivity contribution < 1.29 is 4.39 Å². The zero-order chi connectivity index (χ0) is 14.5. The zero-order valence-electron chi connectivity index (χ0n) is 12.7. The van der Waals surface area contributed by atoms with Gasteiger partial charge in [-0.2, -0.15) is 0 Å². The van der Waals surface area contributed by atoms with Crippen molar-refractivity contribution in [2.75, 3.05) is 19.6 Å².